The molecule has 0 amide bonds. The van der Waals surface area contributed by atoms with Crippen LogP contribution in [0.3, 0.4) is 0 Å². The Labute approximate surface area is 159 Å². The lowest BCUT2D eigenvalue weighted by molar-refractivity contribution is -0.00947. The highest BCUT2D eigenvalue weighted by Gasteiger charge is 2.53. The van der Waals surface area contributed by atoms with Gasteiger partial charge in [0.25, 0.3) is 0 Å². The SMILES string of the molecule is Cn1ccnc1CN1C[C@@H](c2ccc3c(c2)OCO3)[C@@H]2[C@H]1C1CCN2CC1. The maximum Gasteiger partial charge on any atom is 0.231 e. The lowest BCUT2D eigenvalue weighted by Gasteiger charge is -2.51. The monoisotopic (exact) mass is 366 g/mol. The fourth-order valence-electron chi connectivity index (χ4n) is 5.89. The van der Waals surface area contributed by atoms with E-state index in [1.54, 1.807) is 0 Å². The summed E-state index contributed by atoms with van der Waals surface area (Å²) in [4.78, 5) is 10.1. The Balaban J connectivity index is 1.36. The van der Waals surface area contributed by atoms with Crippen molar-refractivity contribution in [3.05, 3.63) is 42.0 Å². The Morgan fingerprint density at radius 2 is 1.96 bits per heavy atom. The van der Waals surface area contributed by atoms with E-state index in [9.17, 15) is 0 Å². The molecule has 2 bridgehead atoms. The van der Waals surface area contributed by atoms with Crippen LogP contribution < -0.4 is 9.47 Å². The van der Waals surface area contributed by atoms with Crippen LogP contribution in [-0.4, -0.2) is 57.9 Å². The predicted molar refractivity (Wildman–Crippen MR) is 101 cm³/mol. The average molecular weight is 366 g/mol. The molecule has 6 heterocycles. The van der Waals surface area contributed by atoms with Gasteiger partial charge in [0.15, 0.2) is 11.5 Å². The number of rotatable bonds is 3. The van der Waals surface area contributed by atoms with Gasteiger partial charge in [-0.25, -0.2) is 4.98 Å². The van der Waals surface area contributed by atoms with Crippen LogP contribution in [0.25, 0.3) is 0 Å². The molecule has 5 aliphatic heterocycles. The normalized spacial score (nSPS) is 34.2. The summed E-state index contributed by atoms with van der Waals surface area (Å²) in [5, 5.41) is 0. The molecule has 4 saturated heterocycles. The number of hydrogen-bond acceptors (Lipinski definition) is 5. The molecule has 1 aromatic carbocycles. The highest BCUT2D eigenvalue weighted by Crippen LogP contribution is 2.48. The molecule has 0 spiro atoms. The number of likely N-dealkylation sites (tertiary alicyclic amines) is 1. The van der Waals surface area contributed by atoms with E-state index >= 15 is 0 Å². The summed E-state index contributed by atoms with van der Waals surface area (Å²) < 4.78 is 13.3. The second kappa shape index (κ2) is 5.97. The highest BCUT2D eigenvalue weighted by atomic mass is 16.7. The van der Waals surface area contributed by atoms with Gasteiger partial charge in [-0.3, -0.25) is 9.80 Å². The number of imidazole rings is 1. The third kappa shape index (κ3) is 2.43. The summed E-state index contributed by atoms with van der Waals surface area (Å²) in [6.45, 7) is 4.88. The first-order valence-electron chi connectivity index (χ1n) is 10.1. The van der Waals surface area contributed by atoms with E-state index in [0.29, 0.717) is 24.8 Å². The predicted octanol–water partition coefficient (Wildman–Crippen LogP) is 2.21. The van der Waals surface area contributed by atoms with Gasteiger partial charge in [0, 0.05) is 44.0 Å². The minimum Gasteiger partial charge on any atom is -0.454 e. The van der Waals surface area contributed by atoms with Gasteiger partial charge in [0.2, 0.25) is 6.79 Å². The minimum atomic E-state index is 0.342. The lowest BCUT2D eigenvalue weighted by atomic mass is 9.75. The molecule has 0 aliphatic carbocycles. The van der Waals surface area contributed by atoms with Crippen molar-refractivity contribution in [1.29, 1.82) is 0 Å². The van der Waals surface area contributed by atoms with Crippen LogP contribution in [0.5, 0.6) is 11.5 Å². The summed E-state index contributed by atoms with van der Waals surface area (Å²) in [6.07, 6.45) is 6.64. The lowest BCUT2D eigenvalue weighted by Crippen LogP contribution is -2.60. The van der Waals surface area contributed by atoms with E-state index in [1.165, 1.54) is 31.5 Å². The van der Waals surface area contributed by atoms with Gasteiger partial charge in [-0.1, -0.05) is 6.07 Å². The van der Waals surface area contributed by atoms with Crippen molar-refractivity contribution in [2.24, 2.45) is 13.0 Å². The number of ether oxygens (including phenoxy) is 2. The third-order valence-electron chi connectivity index (χ3n) is 7.18. The number of piperidine rings is 3. The molecule has 0 unspecified atom stereocenters. The maximum atomic E-state index is 5.66. The smallest absolute Gasteiger partial charge is 0.231 e. The molecular formula is C21H26N4O2. The van der Waals surface area contributed by atoms with Gasteiger partial charge >= 0.3 is 0 Å². The largest absolute Gasteiger partial charge is 0.454 e. The Morgan fingerprint density at radius 1 is 1.11 bits per heavy atom. The molecule has 6 heteroatoms. The average Bonchev–Trinajstić information content (AvgIpc) is 3.42. The zero-order valence-corrected chi connectivity index (χ0v) is 15.8. The molecule has 0 N–H and O–H groups in total. The van der Waals surface area contributed by atoms with E-state index in [0.717, 1.165) is 36.3 Å². The van der Waals surface area contributed by atoms with Crippen molar-refractivity contribution in [2.45, 2.75) is 37.4 Å². The number of aromatic nitrogens is 2. The van der Waals surface area contributed by atoms with Crippen molar-refractivity contribution in [3.63, 3.8) is 0 Å². The molecule has 4 fully saturated rings. The van der Waals surface area contributed by atoms with Crippen molar-refractivity contribution < 1.29 is 9.47 Å². The number of fused-ring (bicyclic) bond motifs is 3. The van der Waals surface area contributed by atoms with Gasteiger partial charge in [-0.15, -0.1) is 0 Å². The van der Waals surface area contributed by atoms with Crippen molar-refractivity contribution >= 4 is 0 Å². The Bertz CT molecular complexity index is 858. The minimum absolute atomic E-state index is 0.342. The van der Waals surface area contributed by atoms with Gasteiger partial charge in [-0.2, -0.15) is 0 Å². The summed E-state index contributed by atoms with van der Waals surface area (Å²) in [5.74, 6) is 4.29. The maximum absolute atomic E-state index is 5.66. The van der Waals surface area contributed by atoms with Crippen LogP contribution in [0.4, 0.5) is 0 Å². The Hall–Kier alpha value is -2.05. The van der Waals surface area contributed by atoms with Crippen molar-refractivity contribution in [1.82, 2.24) is 19.4 Å². The zero-order valence-electron chi connectivity index (χ0n) is 15.8. The van der Waals surface area contributed by atoms with Crippen LogP contribution in [0.2, 0.25) is 0 Å². The second-order valence-corrected chi connectivity index (χ2v) is 8.46. The van der Waals surface area contributed by atoms with Crippen molar-refractivity contribution in [3.8, 4) is 11.5 Å². The van der Waals surface area contributed by atoms with Crippen LogP contribution in [-0.2, 0) is 13.6 Å². The Kier molecular flexibility index (Phi) is 3.53. The van der Waals surface area contributed by atoms with Gasteiger partial charge in [0.1, 0.15) is 5.82 Å². The first kappa shape index (κ1) is 16.0. The molecule has 1 aromatic heterocycles. The van der Waals surface area contributed by atoms with E-state index < -0.39 is 0 Å². The highest BCUT2D eigenvalue weighted by molar-refractivity contribution is 5.46. The number of nitrogens with zero attached hydrogens (tertiary/aromatic N) is 4. The van der Waals surface area contributed by atoms with E-state index in [1.807, 2.05) is 6.20 Å². The Morgan fingerprint density at radius 3 is 2.78 bits per heavy atom. The molecule has 27 heavy (non-hydrogen) atoms. The molecular weight excluding hydrogens is 340 g/mol. The third-order valence-corrected chi connectivity index (χ3v) is 7.18. The van der Waals surface area contributed by atoms with Gasteiger partial charge in [-0.05, 0) is 49.5 Å². The summed E-state index contributed by atoms with van der Waals surface area (Å²) in [7, 11) is 2.10. The standard InChI is InChI=1S/C21H26N4O2/c1-23-9-6-22-19(23)12-25-11-16(15-2-3-17-18(10-15)27-13-26-17)21-20(25)14-4-7-24(21)8-5-14/h2-3,6,9-10,14,16,20-21H,4-5,7-8,11-13H2,1H3/t16-,20+,21+/m0/s1. The fraction of sp³-hybridized carbons (Fsp3) is 0.571. The quantitative estimate of drug-likeness (QED) is 0.833. The molecule has 142 valence electrons. The molecule has 6 nitrogen and oxygen atoms in total. The summed E-state index contributed by atoms with van der Waals surface area (Å²) >= 11 is 0. The van der Waals surface area contributed by atoms with Gasteiger partial charge < -0.3 is 14.0 Å². The van der Waals surface area contributed by atoms with Crippen molar-refractivity contribution in [2.75, 3.05) is 26.4 Å². The van der Waals surface area contributed by atoms with E-state index in [2.05, 4.69) is 50.8 Å². The first-order valence-corrected chi connectivity index (χ1v) is 10.1. The topological polar surface area (TPSA) is 42.8 Å². The molecule has 7 rings (SSSR count). The molecule has 5 aliphatic rings. The van der Waals surface area contributed by atoms with E-state index in [-0.39, 0.29) is 0 Å². The first-order chi connectivity index (χ1) is 13.3. The van der Waals surface area contributed by atoms with Gasteiger partial charge in [0.05, 0.1) is 6.54 Å². The summed E-state index contributed by atoms with van der Waals surface area (Å²) in [5.41, 5.74) is 1.39. The number of hydrogen-bond donors (Lipinski definition) is 0. The second-order valence-electron chi connectivity index (χ2n) is 8.46. The number of aryl methyl sites for hydroxylation is 1. The molecule has 0 radical (unpaired) electrons. The molecule has 3 atom stereocenters. The fourth-order valence-corrected chi connectivity index (χ4v) is 5.89. The number of benzene rings is 1. The van der Waals surface area contributed by atoms with Crippen LogP contribution in [0.15, 0.2) is 30.6 Å². The summed E-state index contributed by atoms with van der Waals surface area (Å²) in [6, 6.07) is 7.81. The van der Waals surface area contributed by atoms with Crippen LogP contribution >= 0.6 is 0 Å². The van der Waals surface area contributed by atoms with Crippen LogP contribution in [0.1, 0.15) is 30.1 Å². The van der Waals surface area contributed by atoms with Crippen LogP contribution in [0, 0.1) is 5.92 Å². The zero-order chi connectivity index (χ0) is 18.0. The molecule has 2 aromatic rings. The molecule has 0 saturated carbocycles. The van der Waals surface area contributed by atoms with E-state index in [4.69, 9.17) is 9.47 Å².